The van der Waals surface area contributed by atoms with E-state index in [-0.39, 0.29) is 0 Å². The number of nitrogens with zero attached hydrogens (tertiary/aromatic N) is 2. The average molecular weight is 209 g/mol. The molecular weight excluding hydrogens is 190 g/mol. The summed E-state index contributed by atoms with van der Waals surface area (Å²) in [5.74, 6) is 1.71. The minimum atomic E-state index is 0.645. The Morgan fingerprint density at radius 2 is 2.20 bits per heavy atom. The number of nitrogens with one attached hydrogen (secondary N) is 1. The van der Waals surface area contributed by atoms with Crippen LogP contribution in [-0.4, -0.2) is 16.2 Å². The van der Waals surface area contributed by atoms with Crippen LogP contribution in [0.15, 0.2) is 10.9 Å². The van der Waals surface area contributed by atoms with Gasteiger partial charge in [-0.15, -0.1) is 0 Å². The smallest absolute Gasteiger partial charge is 0.213 e. The Bertz CT molecular complexity index is 265. The van der Waals surface area contributed by atoms with Crippen LogP contribution in [0.4, 0.5) is 0 Å². The van der Waals surface area contributed by atoms with Crippen LogP contribution in [0.1, 0.15) is 44.9 Å². The third-order valence-electron chi connectivity index (χ3n) is 3.38. The molecule has 1 aliphatic rings. The van der Waals surface area contributed by atoms with E-state index in [1.54, 1.807) is 0 Å². The number of rotatable bonds is 4. The molecule has 2 rings (SSSR count). The van der Waals surface area contributed by atoms with Crippen molar-refractivity contribution in [2.75, 3.05) is 0 Å². The minimum Gasteiger partial charge on any atom is -0.343 e. The fourth-order valence-corrected chi connectivity index (χ4v) is 2.28. The van der Waals surface area contributed by atoms with E-state index in [0.29, 0.717) is 6.04 Å². The van der Waals surface area contributed by atoms with Gasteiger partial charge in [0.1, 0.15) is 0 Å². The van der Waals surface area contributed by atoms with Crippen LogP contribution in [0.5, 0.6) is 0 Å². The van der Waals surface area contributed by atoms with Crippen LogP contribution in [0.25, 0.3) is 0 Å². The van der Waals surface area contributed by atoms with E-state index < -0.39 is 0 Å². The highest BCUT2D eigenvalue weighted by Crippen LogP contribution is 2.26. The summed E-state index contributed by atoms with van der Waals surface area (Å²) in [6, 6.07) is 0.645. The monoisotopic (exact) mass is 209 g/mol. The zero-order chi connectivity index (χ0) is 10.5. The van der Waals surface area contributed by atoms with Gasteiger partial charge in [-0.2, -0.15) is 4.98 Å². The summed E-state index contributed by atoms with van der Waals surface area (Å²) in [6.07, 6.45) is 8.01. The van der Waals surface area contributed by atoms with Crippen LogP contribution in [0.3, 0.4) is 0 Å². The SMILES string of the molecule is CCC1CCC(NCc2ncon2)CC1. The lowest BCUT2D eigenvalue weighted by Crippen LogP contribution is -2.32. The molecule has 0 bridgehead atoms. The lowest BCUT2D eigenvalue weighted by molar-refractivity contribution is 0.283. The standard InChI is InChI=1S/C11H19N3O/c1-2-9-3-5-10(6-4-9)12-7-11-13-8-15-14-11/h8-10,12H,2-7H2,1H3. The van der Waals surface area contributed by atoms with Crippen molar-refractivity contribution in [3.05, 3.63) is 12.2 Å². The second kappa shape index (κ2) is 5.26. The Morgan fingerprint density at radius 3 is 2.80 bits per heavy atom. The van der Waals surface area contributed by atoms with E-state index in [9.17, 15) is 0 Å². The van der Waals surface area contributed by atoms with Gasteiger partial charge in [0.05, 0.1) is 6.54 Å². The van der Waals surface area contributed by atoms with Crippen molar-refractivity contribution in [3.8, 4) is 0 Å². The first-order valence-electron chi connectivity index (χ1n) is 5.87. The Hall–Kier alpha value is -0.900. The topological polar surface area (TPSA) is 51.0 Å². The molecule has 0 radical (unpaired) electrons. The van der Waals surface area contributed by atoms with E-state index in [1.807, 2.05) is 0 Å². The molecule has 1 fully saturated rings. The van der Waals surface area contributed by atoms with Gasteiger partial charge in [0.25, 0.3) is 0 Å². The normalized spacial score (nSPS) is 26.7. The van der Waals surface area contributed by atoms with E-state index in [2.05, 4.69) is 26.9 Å². The molecule has 0 amide bonds. The molecule has 4 heteroatoms. The molecule has 0 aromatic carbocycles. The highest BCUT2D eigenvalue weighted by atomic mass is 16.5. The fourth-order valence-electron chi connectivity index (χ4n) is 2.28. The first kappa shape index (κ1) is 10.6. The van der Waals surface area contributed by atoms with E-state index in [1.165, 1.54) is 38.5 Å². The summed E-state index contributed by atoms with van der Waals surface area (Å²) >= 11 is 0. The molecule has 0 aliphatic heterocycles. The quantitative estimate of drug-likeness (QED) is 0.825. The van der Waals surface area contributed by atoms with Crippen molar-refractivity contribution in [2.24, 2.45) is 5.92 Å². The largest absolute Gasteiger partial charge is 0.343 e. The Kier molecular flexibility index (Phi) is 3.72. The van der Waals surface area contributed by atoms with Crippen LogP contribution in [0, 0.1) is 5.92 Å². The van der Waals surface area contributed by atoms with Gasteiger partial charge in [0.2, 0.25) is 6.39 Å². The van der Waals surface area contributed by atoms with Crippen molar-refractivity contribution in [1.29, 1.82) is 0 Å². The predicted octanol–water partition coefficient (Wildman–Crippen LogP) is 2.13. The lowest BCUT2D eigenvalue weighted by atomic mass is 9.84. The molecule has 1 aromatic rings. The molecule has 0 saturated heterocycles. The minimum absolute atomic E-state index is 0.645. The first-order valence-corrected chi connectivity index (χ1v) is 5.87. The number of aromatic nitrogens is 2. The summed E-state index contributed by atoms with van der Waals surface area (Å²) in [5, 5.41) is 7.27. The molecule has 1 saturated carbocycles. The maximum atomic E-state index is 4.69. The highest BCUT2D eigenvalue weighted by Gasteiger charge is 2.19. The molecule has 0 spiro atoms. The maximum absolute atomic E-state index is 4.69. The van der Waals surface area contributed by atoms with Gasteiger partial charge < -0.3 is 9.84 Å². The summed E-state index contributed by atoms with van der Waals surface area (Å²) < 4.78 is 4.69. The van der Waals surface area contributed by atoms with Crippen LogP contribution in [-0.2, 0) is 6.54 Å². The zero-order valence-electron chi connectivity index (χ0n) is 9.28. The van der Waals surface area contributed by atoms with Gasteiger partial charge in [-0.05, 0) is 31.6 Å². The molecule has 4 nitrogen and oxygen atoms in total. The van der Waals surface area contributed by atoms with Crippen LogP contribution in [0.2, 0.25) is 0 Å². The van der Waals surface area contributed by atoms with Gasteiger partial charge in [-0.1, -0.05) is 18.5 Å². The maximum Gasteiger partial charge on any atom is 0.213 e. The van der Waals surface area contributed by atoms with Gasteiger partial charge in [-0.25, -0.2) is 0 Å². The summed E-state index contributed by atoms with van der Waals surface area (Å²) in [4.78, 5) is 3.99. The van der Waals surface area contributed by atoms with Crippen molar-refractivity contribution < 1.29 is 4.52 Å². The van der Waals surface area contributed by atoms with Crippen molar-refractivity contribution >= 4 is 0 Å². The molecule has 0 atom stereocenters. The van der Waals surface area contributed by atoms with E-state index >= 15 is 0 Å². The zero-order valence-corrected chi connectivity index (χ0v) is 9.28. The Labute approximate surface area is 90.4 Å². The Balaban J connectivity index is 1.69. The molecule has 84 valence electrons. The highest BCUT2D eigenvalue weighted by molar-refractivity contribution is 4.81. The van der Waals surface area contributed by atoms with Gasteiger partial charge in [-0.3, -0.25) is 0 Å². The van der Waals surface area contributed by atoms with E-state index in [0.717, 1.165) is 18.3 Å². The molecule has 1 heterocycles. The molecule has 1 aromatic heterocycles. The molecule has 15 heavy (non-hydrogen) atoms. The average Bonchev–Trinajstić information content (AvgIpc) is 2.80. The number of hydrogen-bond acceptors (Lipinski definition) is 4. The summed E-state index contributed by atoms with van der Waals surface area (Å²) in [7, 11) is 0. The fraction of sp³-hybridized carbons (Fsp3) is 0.818. The van der Waals surface area contributed by atoms with Crippen LogP contribution < -0.4 is 5.32 Å². The van der Waals surface area contributed by atoms with Gasteiger partial charge in [0.15, 0.2) is 5.82 Å². The third-order valence-corrected chi connectivity index (χ3v) is 3.38. The molecule has 0 unspecified atom stereocenters. The summed E-state index contributed by atoms with van der Waals surface area (Å²) in [6.45, 7) is 3.02. The van der Waals surface area contributed by atoms with Crippen LogP contribution >= 0.6 is 0 Å². The van der Waals surface area contributed by atoms with E-state index in [4.69, 9.17) is 0 Å². The third kappa shape index (κ3) is 3.02. The summed E-state index contributed by atoms with van der Waals surface area (Å²) in [5.41, 5.74) is 0. The van der Waals surface area contributed by atoms with Crippen molar-refractivity contribution in [3.63, 3.8) is 0 Å². The van der Waals surface area contributed by atoms with Gasteiger partial charge in [0, 0.05) is 6.04 Å². The van der Waals surface area contributed by atoms with Gasteiger partial charge >= 0.3 is 0 Å². The second-order valence-corrected chi connectivity index (χ2v) is 4.35. The Morgan fingerprint density at radius 1 is 1.40 bits per heavy atom. The first-order chi connectivity index (χ1) is 7.38. The number of hydrogen-bond donors (Lipinski definition) is 1. The molecule has 1 N–H and O–H groups in total. The van der Waals surface area contributed by atoms with Crippen molar-refractivity contribution in [1.82, 2.24) is 15.5 Å². The predicted molar refractivity (Wildman–Crippen MR) is 57.2 cm³/mol. The molecule has 1 aliphatic carbocycles. The molecular formula is C11H19N3O. The second-order valence-electron chi connectivity index (χ2n) is 4.35. The lowest BCUT2D eigenvalue weighted by Gasteiger charge is -2.28. The van der Waals surface area contributed by atoms with Crippen molar-refractivity contribution in [2.45, 2.75) is 51.6 Å².